The Morgan fingerprint density at radius 1 is 1.03 bits per heavy atom. The van der Waals surface area contributed by atoms with Gasteiger partial charge in [0.2, 0.25) is 5.91 Å². The number of hydrogen-bond acceptors (Lipinski definition) is 4. The van der Waals surface area contributed by atoms with Gasteiger partial charge in [-0.3, -0.25) is 4.79 Å². The van der Waals surface area contributed by atoms with E-state index in [0.717, 1.165) is 23.1 Å². The number of para-hydroxylation sites is 1. The second-order valence-corrected chi connectivity index (χ2v) is 13.0. The maximum absolute atomic E-state index is 13.8. The van der Waals surface area contributed by atoms with Crippen molar-refractivity contribution in [3.63, 3.8) is 0 Å². The van der Waals surface area contributed by atoms with Crippen LogP contribution in [0.15, 0.2) is 60.7 Å². The first-order valence-corrected chi connectivity index (χ1v) is 14.8. The fourth-order valence-corrected chi connectivity index (χ4v) is 6.26. The summed E-state index contributed by atoms with van der Waals surface area (Å²) >= 11 is 0. The number of rotatable bonds is 7. The third kappa shape index (κ3) is 5.77. The second-order valence-electron chi connectivity index (χ2n) is 8.86. The van der Waals surface area contributed by atoms with Gasteiger partial charge in [-0.25, -0.2) is 4.39 Å². The normalized spacial score (nSPS) is 14.2. The average molecular weight is 505 g/mol. The molecule has 1 unspecified atom stereocenters. The van der Waals surface area contributed by atoms with Gasteiger partial charge in [0.05, 0.1) is 25.1 Å². The summed E-state index contributed by atoms with van der Waals surface area (Å²) in [5, 5.41) is 19.5. The molecule has 36 heavy (non-hydrogen) atoms. The molecule has 0 saturated carbocycles. The van der Waals surface area contributed by atoms with Gasteiger partial charge in [0.15, 0.2) is 0 Å². The molecule has 1 aliphatic rings. The Morgan fingerprint density at radius 2 is 1.67 bits per heavy atom. The second kappa shape index (κ2) is 12.4. The number of aromatic hydroxyl groups is 1. The highest BCUT2D eigenvalue weighted by molar-refractivity contribution is 6.58. The summed E-state index contributed by atoms with van der Waals surface area (Å²) in [7, 11) is 1.42. The number of hydrogen-bond donors (Lipinski definition) is 1. The van der Waals surface area contributed by atoms with Crippen LogP contribution in [0.2, 0.25) is 18.1 Å². The molecule has 5 nitrogen and oxygen atoms in total. The van der Waals surface area contributed by atoms with Crippen molar-refractivity contribution < 1.29 is 19.0 Å². The van der Waals surface area contributed by atoms with E-state index >= 15 is 0 Å². The van der Waals surface area contributed by atoms with Crippen molar-refractivity contribution in [2.75, 3.05) is 12.0 Å². The van der Waals surface area contributed by atoms with E-state index < -0.39 is 11.7 Å². The first-order chi connectivity index (χ1) is 17.4. The molecule has 3 aromatic carbocycles. The minimum absolute atomic E-state index is 0.171. The van der Waals surface area contributed by atoms with Gasteiger partial charge in [0.1, 0.15) is 23.4 Å². The summed E-state index contributed by atoms with van der Waals surface area (Å²) in [5.74, 6) is -1.49. The van der Waals surface area contributed by atoms with E-state index in [-0.39, 0.29) is 31.6 Å². The molecular weight excluding hydrogens is 471 g/mol. The number of benzene rings is 3. The molecule has 7 heteroatoms. The topological polar surface area (TPSA) is 73.6 Å². The molecule has 0 bridgehead atoms. The minimum atomic E-state index is -0.817. The van der Waals surface area contributed by atoms with Crippen LogP contribution in [0.3, 0.4) is 0 Å². The highest BCUT2D eigenvalue weighted by atomic mass is 28.3. The molecule has 1 heterocycles. The molecule has 0 aromatic heterocycles. The number of carbonyl (C=O) groups excluding carboxylic acids is 1. The Kier molecular flexibility index (Phi) is 9.26. The van der Waals surface area contributed by atoms with Crippen LogP contribution in [0, 0.1) is 17.1 Å². The maximum atomic E-state index is 13.8. The molecular formula is C29H33FN2O3Si. The number of methoxy groups -OCH3 is 1. The molecule has 1 N–H and O–H groups in total. The Bertz CT molecular complexity index is 1230. The molecule has 0 radical (unpaired) electrons. The van der Waals surface area contributed by atoms with Crippen molar-refractivity contribution in [3.8, 4) is 17.6 Å². The molecule has 0 fully saturated rings. The van der Waals surface area contributed by atoms with Crippen LogP contribution in [0.1, 0.15) is 48.9 Å². The number of nitrogens with zero attached hydrogens (tertiary/aromatic N) is 2. The van der Waals surface area contributed by atoms with Crippen LogP contribution < -0.4 is 9.64 Å². The molecule has 0 aliphatic carbocycles. The minimum Gasteiger partial charge on any atom is -0.508 e. The SMILES string of the molecule is CC[SiH](CC)CC.COc1ccc(CN2C(=O)C(c3cc(C#N)c(F)cc3O)c3ccccc32)cc1. The van der Waals surface area contributed by atoms with Gasteiger partial charge >= 0.3 is 0 Å². The first-order valence-electron chi connectivity index (χ1n) is 12.3. The summed E-state index contributed by atoms with van der Waals surface area (Å²) in [6, 6.07) is 23.1. The Morgan fingerprint density at radius 3 is 2.22 bits per heavy atom. The van der Waals surface area contributed by atoms with Crippen LogP contribution >= 0.6 is 0 Å². The fraction of sp³-hybridized carbons (Fsp3) is 0.310. The van der Waals surface area contributed by atoms with Gasteiger partial charge in [-0.05, 0) is 35.4 Å². The smallest absolute Gasteiger partial charge is 0.239 e. The number of phenolic OH excluding ortho intramolecular Hbond substituents is 1. The number of halogens is 1. The van der Waals surface area contributed by atoms with Crippen LogP contribution in [0.5, 0.6) is 11.5 Å². The van der Waals surface area contributed by atoms with E-state index in [9.17, 15) is 14.3 Å². The van der Waals surface area contributed by atoms with Gasteiger partial charge in [-0.1, -0.05) is 69.2 Å². The van der Waals surface area contributed by atoms with Crippen molar-refractivity contribution in [3.05, 3.63) is 88.7 Å². The van der Waals surface area contributed by atoms with Crippen LogP contribution in [-0.4, -0.2) is 26.9 Å². The molecule has 1 amide bonds. The largest absolute Gasteiger partial charge is 0.508 e. The Balaban J connectivity index is 0.000000454. The Hall–Kier alpha value is -3.63. The Labute approximate surface area is 214 Å². The van der Waals surface area contributed by atoms with Gasteiger partial charge < -0.3 is 14.7 Å². The van der Waals surface area contributed by atoms with Crippen molar-refractivity contribution in [2.45, 2.75) is 51.4 Å². The molecule has 0 saturated heterocycles. The number of phenols is 1. The van der Waals surface area contributed by atoms with Crippen molar-refractivity contribution in [2.24, 2.45) is 0 Å². The van der Waals surface area contributed by atoms with E-state index in [0.29, 0.717) is 12.1 Å². The lowest BCUT2D eigenvalue weighted by atomic mass is 9.90. The summed E-state index contributed by atoms with van der Waals surface area (Å²) in [6.45, 7) is 7.31. The zero-order chi connectivity index (χ0) is 26.2. The first kappa shape index (κ1) is 27.0. The molecule has 1 aliphatic heterocycles. The molecule has 3 aromatic rings. The lowest BCUT2D eigenvalue weighted by Gasteiger charge is -2.19. The van der Waals surface area contributed by atoms with Crippen LogP contribution in [0.25, 0.3) is 0 Å². The lowest BCUT2D eigenvalue weighted by Crippen LogP contribution is -2.28. The van der Waals surface area contributed by atoms with Gasteiger partial charge in [0, 0.05) is 26.1 Å². The fourth-order valence-electron chi connectivity index (χ4n) is 4.52. The summed E-state index contributed by atoms with van der Waals surface area (Å²) in [4.78, 5) is 15.0. The average Bonchev–Trinajstić information content (AvgIpc) is 3.17. The van der Waals surface area contributed by atoms with Crippen LogP contribution in [0.4, 0.5) is 10.1 Å². The predicted octanol–water partition coefficient (Wildman–Crippen LogP) is 6.36. The monoisotopic (exact) mass is 504 g/mol. The summed E-state index contributed by atoms with van der Waals surface area (Å²) in [5.41, 5.74) is 2.35. The van der Waals surface area contributed by atoms with E-state index in [4.69, 9.17) is 10.00 Å². The third-order valence-corrected chi connectivity index (χ3v) is 10.3. The summed E-state index contributed by atoms with van der Waals surface area (Å²) < 4.78 is 19.0. The van der Waals surface area contributed by atoms with Crippen molar-refractivity contribution in [1.29, 1.82) is 5.26 Å². The molecule has 1 atom stereocenters. The molecule has 188 valence electrons. The van der Waals surface area contributed by atoms with E-state index in [2.05, 4.69) is 20.8 Å². The quantitative estimate of drug-likeness (QED) is 0.380. The number of fused-ring (bicyclic) bond motifs is 1. The van der Waals surface area contributed by atoms with E-state index in [1.165, 1.54) is 24.2 Å². The lowest BCUT2D eigenvalue weighted by molar-refractivity contribution is -0.118. The van der Waals surface area contributed by atoms with Crippen LogP contribution in [-0.2, 0) is 11.3 Å². The number of amides is 1. The maximum Gasteiger partial charge on any atom is 0.239 e. The molecule has 0 spiro atoms. The van der Waals surface area contributed by atoms with Gasteiger partial charge in [-0.2, -0.15) is 5.26 Å². The summed E-state index contributed by atoms with van der Waals surface area (Å²) in [6.07, 6.45) is 0. The zero-order valence-corrected chi connectivity index (χ0v) is 22.4. The number of nitriles is 1. The zero-order valence-electron chi connectivity index (χ0n) is 21.3. The number of anilines is 1. The molecule has 4 rings (SSSR count). The standard InChI is InChI=1S/C23H17FN2O3.C6H16Si/c1-29-16-8-6-14(7-9-16)13-26-20-5-3-2-4-17(20)22(23(26)28)18-10-15(12-25)19(24)11-21(18)27;1-4-7(5-2)6-3/h2-11,22,27H,13H2,1H3;7H,4-6H2,1-3H3. The van der Waals surface area contributed by atoms with E-state index in [1.54, 1.807) is 24.1 Å². The third-order valence-electron chi connectivity index (χ3n) is 6.83. The highest BCUT2D eigenvalue weighted by Gasteiger charge is 2.39. The predicted molar refractivity (Wildman–Crippen MR) is 144 cm³/mol. The van der Waals surface area contributed by atoms with E-state index in [1.807, 2.05) is 42.5 Å². The van der Waals surface area contributed by atoms with Gasteiger partial charge in [-0.15, -0.1) is 0 Å². The van der Waals surface area contributed by atoms with Gasteiger partial charge in [0.25, 0.3) is 0 Å². The number of ether oxygens (including phenoxy) is 1. The van der Waals surface area contributed by atoms with Crippen molar-refractivity contribution >= 4 is 20.4 Å². The van der Waals surface area contributed by atoms with Crippen molar-refractivity contribution in [1.82, 2.24) is 0 Å². The highest BCUT2D eigenvalue weighted by Crippen LogP contribution is 2.44. The number of carbonyl (C=O) groups is 1.